The van der Waals surface area contributed by atoms with Crippen molar-refractivity contribution in [1.82, 2.24) is 4.98 Å². The smallest absolute Gasteiger partial charge is 0.250 e. The fourth-order valence-electron chi connectivity index (χ4n) is 1.24. The van der Waals surface area contributed by atoms with Crippen LogP contribution in [0.15, 0.2) is 23.0 Å². The van der Waals surface area contributed by atoms with Gasteiger partial charge in [0.15, 0.2) is 0 Å². The summed E-state index contributed by atoms with van der Waals surface area (Å²) in [4.78, 5) is 13.5. The number of nitrogens with one attached hydrogen (secondary N) is 1. The van der Waals surface area contributed by atoms with Crippen LogP contribution in [0.3, 0.4) is 0 Å². The zero-order chi connectivity index (χ0) is 8.55. The number of pyridine rings is 1. The minimum Gasteiger partial charge on any atom is -0.474 e. The first-order valence-electron chi connectivity index (χ1n) is 3.80. The van der Waals surface area contributed by atoms with Crippen molar-refractivity contribution >= 4 is 5.57 Å². The second-order valence-electron chi connectivity index (χ2n) is 2.76. The van der Waals surface area contributed by atoms with Crippen LogP contribution in [0.4, 0.5) is 0 Å². The van der Waals surface area contributed by atoms with Gasteiger partial charge < -0.3 is 4.74 Å². The molecule has 2 rings (SSSR count). The van der Waals surface area contributed by atoms with Crippen LogP contribution >= 0.6 is 0 Å². The number of hydrogen-bond acceptors (Lipinski definition) is 2. The lowest BCUT2D eigenvalue weighted by atomic mass is 10.1. The fraction of sp³-hybridized carbons (Fsp3) is 0.222. The molecule has 0 atom stereocenters. The number of ether oxygens (including phenoxy) is 1. The van der Waals surface area contributed by atoms with Crippen molar-refractivity contribution in [3.63, 3.8) is 0 Å². The second kappa shape index (κ2) is 2.52. The Morgan fingerprint density at radius 1 is 1.50 bits per heavy atom. The summed E-state index contributed by atoms with van der Waals surface area (Å²) in [6.07, 6.45) is 1.99. The monoisotopic (exact) mass is 163 g/mol. The molecule has 3 nitrogen and oxygen atoms in total. The van der Waals surface area contributed by atoms with Crippen molar-refractivity contribution in [2.75, 3.05) is 6.61 Å². The van der Waals surface area contributed by atoms with Crippen molar-refractivity contribution in [3.8, 4) is 5.88 Å². The Morgan fingerprint density at radius 2 is 2.33 bits per heavy atom. The van der Waals surface area contributed by atoms with Gasteiger partial charge in [-0.3, -0.25) is 9.78 Å². The van der Waals surface area contributed by atoms with Crippen molar-refractivity contribution in [2.24, 2.45) is 0 Å². The number of hydrogen-bond donors (Lipinski definition) is 1. The highest BCUT2D eigenvalue weighted by molar-refractivity contribution is 5.68. The Bertz CT molecular complexity index is 390. The molecule has 0 aromatic carbocycles. The molecule has 0 aliphatic carbocycles. The topological polar surface area (TPSA) is 42.1 Å². The Labute approximate surface area is 69.7 Å². The van der Waals surface area contributed by atoms with E-state index in [0.29, 0.717) is 12.5 Å². The summed E-state index contributed by atoms with van der Waals surface area (Å²) < 4.78 is 5.24. The fourth-order valence-corrected chi connectivity index (χ4v) is 1.24. The van der Waals surface area contributed by atoms with Crippen LogP contribution in [0.1, 0.15) is 12.5 Å². The van der Waals surface area contributed by atoms with E-state index in [1.165, 1.54) is 6.07 Å². The van der Waals surface area contributed by atoms with Crippen molar-refractivity contribution in [2.45, 2.75) is 6.92 Å². The minimum absolute atomic E-state index is 0.122. The summed E-state index contributed by atoms with van der Waals surface area (Å²) in [5.74, 6) is 0.586. The van der Waals surface area contributed by atoms with Crippen LogP contribution < -0.4 is 10.3 Å². The third kappa shape index (κ3) is 1.03. The standard InChI is InChI=1S/C9H9NO2/c1-6-4-5-12-9-7(6)2-3-8(11)10-9/h2-4H,5H2,1H3,(H,10,11). The van der Waals surface area contributed by atoms with Crippen molar-refractivity contribution in [1.29, 1.82) is 0 Å². The molecule has 1 aliphatic rings. The molecule has 0 saturated heterocycles. The van der Waals surface area contributed by atoms with Crippen LogP contribution in [-0.4, -0.2) is 11.6 Å². The van der Waals surface area contributed by atoms with E-state index in [1.54, 1.807) is 6.07 Å². The lowest BCUT2D eigenvalue weighted by Crippen LogP contribution is -2.12. The molecule has 3 heteroatoms. The summed E-state index contributed by atoms with van der Waals surface area (Å²) in [6, 6.07) is 3.28. The first-order valence-corrected chi connectivity index (χ1v) is 3.80. The van der Waals surface area contributed by atoms with Gasteiger partial charge >= 0.3 is 0 Å². The predicted molar refractivity (Wildman–Crippen MR) is 46.2 cm³/mol. The Morgan fingerprint density at radius 3 is 3.17 bits per heavy atom. The van der Waals surface area contributed by atoms with Crippen molar-refractivity contribution < 1.29 is 4.74 Å². The number of aromatic nitrogens is 1. The van der Waals surface area contributed by atoms with Crippen LogP contribution in [0.25, 0.3) is 5.57 Å². The van der Waals surface area contributed by atoms with E-state index >= 15 is 0 Å². The molecule has 0 unspecified atom stereocenters. The summed E-state index contributed by atoms with van der Waals surface area (Å²) in [5, 5.41) is 0. The van der Waals surface area contributed by atoms with Gasteiger partial charge in [0.1, 0.15) is 6.61 Å². The first kappa shape index (κ1) is 7.16. The van der Waals surface area contributed by atoms with E-state index in [2.05, 4.69) is 4.98 Å². The van der Waals surface area contributed by atoms with Crippen LogP contribution in [0, 0.1) is 0 Å². The predicted octanol–water partition coefficient (Wildman–Crippen LogP) is 1.17. The molecule has 1 aliphatic heterocycles. The van der Waals surface area contributed by atoms with Gasteiger partial charge in [0, 0.05) is 11.6 Å². The van der Waals surface area contributed by atoms with Crippen molar-refractivity contribution in [3.05, 3.63) is 34.1 Å². The number of H-pyrrole nitrogens is 1. The van der Waals surface area contributed by atoms with Gasteiger partial charge in [-0.25, -0.2) is 0 Å². The molecular formula is C9H9NO2. The van der Waals surface area contributed by atoms with Gasteiger partial charge in [-0.15, -0.1) is 0 Å². The van der Waals surface area contributed by atoms with Gasteiger partial charge in [0.2, 0.25) is 5.88 Å². The highest BCUT2D eigenvalue weighted by Crippen LogP contribution is 2.25. The largest absolute Gasteiger partial charge is 0.474 e. The summed E-state index contributed by atoms with van der Waals surface area (Å²) in [6.45, 7) is 2.54. The molecule has 0 amide bonds. The molecule has 0 bridgehead atoms. The average molecular weight is 163 g/mol. The zero-order valence-corrected chi connectivity index (χ0v) is 6.76. The van der Waals surface area contributed by atoms with E-state index in [0.717, 1.165) is 11.1 Å². The van der Waals surface area contributed by atoms with E-state index < -0.39 is 0 Å². The summed E-state index contributed by atoms with van der Waals surface area (Å²) in [5.41, 5.74) is 2.00. The van der Waals surface area contributed by atoms with Gasteiger partial charge in [-0.1, -0.05) is 0 Å². The third-order valence-electron chi connectivity index (χ3n) is 1.92. The SMILES string of the molecule is CC1=CCOc2[nH]c(=O)ccc21. The average Bonchev–Trinajstić information content (AvgIpc) is 2.04. The quantitative estimate of drug-likeness (QED) is 0.623. The Hall–Kier alpha value is -1.51. The molecule has 0 saturated carbocycles. The normalized spacial score (nSPS) is 14.6. The molecular weight excluding hydrogens is 154 g/mol. The highest BCUT2D eigenvalue weighted by atomic mass is 16.5. The van der Waals surface area contributed by atoms with E-state index in [-0.39, 0.29) is 5.56 Å². The summed E-state index contributed by atoms with van der Waals surface area (Å²) in [7, 11) is 0. The van der Waals surface area contributed by atoms with Gasteiger partial charge in [0.25, 0.3) is 5.56 Å². The highest BCUT2D eigenvalue weighted by Gasteiger charge is 2.09. The molecule has 0 radical (unpaired) electrons. The lowest BCUT2D eigenvalue weighted by Gasteiger charge is -2.14. The third-order valence-corrected chi connectivity index (χ3v) is 1.92. The minimum atomic E-state index is -0.122. The van der Waals surface area contributed by atoms with Crippen LogP contribution in [-0.2, 0) is 0 Å². The molecule has 0 fully saturated rings. The first-order chi connectivity index (χ1) is 5.77. The van der Waals surface area contributed by atoms with Gasteiger partial charge in [-0.05, 0) is 24.6 Å². The molecule has 12 heavy (non-hydrogen) atoms. The number of rotatable bonds is 0. The zero-order valence-electron chi connectivity index (χ0n) is 6.76. The molecule has 62 valence electrons. The summed E-state index contributed by atoms with van der Waals surface area (Å²) >= 11 is 0. The van der Waals surface area contributed by atoms with Gasteiger partial charge in [-0.2, -0.15) is 0 Å². The lowest BCUT2D eigenvalue weighted by molar-refractivity contribution is 0.341. The maximum absolute atomic E-state index is 10.9. The van der Waals surface area contributed by atoms with E-state index in [1.807, 2.05) is 13.0 Å². The number of allylic oxidation sites excluding steroid dienone is 1. The maximum Gasteiger partial charge on any atom is 0.250 e. The molecule has 0 spiro atoms. The molecule has 1 aromatic rings. The number of aromatic amines is 1. The number of fused-ring (bicyclic) bond motifs is 1. The van der Waals surface area contributed by atoms with Gasteiger partial charge in [0.05, 0.1) is 0 Å². The molecule has 2 heterocycles. The maximum atomic E-state index is 10.9. The molecule has 1 N–H and O–H groups in total. The van der Waals surface area contributed by atoms with Crippen LogP contribution in [0.2, 0.25) is 0 Å². The Balaban J connectivity index is 2.64. The van der Waals surface area contributed by atoms with E-state index in [4.69, 9.17) is 4.74 Å². The van der Waals surface area contributed by atoms with Crippen LogP contribution in [0.5, 0.6) is 5.88 Å². The molecule has 1 aromatic heterocycles. The second-order valence-corrected chi connectivity index (χ2v) is 2.76. The Kier molecular flexibility index (Phi) is 1.50. The van der Waals surface area contributed by atoms with E-state index in [9.17, 15) is 4.79 Å².